The lowest BCUT2D eigenvalue weighted by atomic mass is 10.1. The lowest BCUT2D eigenvalue weighted by molar-refractivity contribution is -0.118. The van der Waals surface area contributed by atoms with Crippen LogP contribution in [0.3, 0.4) is 0 Å². The van der Waals surface area contributed by atoms with Crippen molar-refractivity contribution in [1.82, 2.24) is 20.5 Å². The van der Waals surface area contributed by atoms with Crippen LogP contribution in [-0.2, 0) is 17.6 Å². The molecule has 0 radical (unpaired) electrons. The zero-order valence-electron chi connectivity index (χ0n) is 15.8. The standard InChI is InChI=1S/C21H20FN5O2/c1-12-2-4-13(5-3-12)10-18-25-19(27-26-18)21(29)23-16-9-7-14-6-8-15(22)11-17(14)24-20(16)28/h2-6,8,11,16H,7,9-10H2,1H3,(H,23,29)(H,24,28)(H,25,26,27)/t16-/m0/s1. The third-order valence-corrected chi connectivity index (χ3v) is 4.89. The minimum Gasteiger partial charge on any atom is -0.337 e. The summed E-state index contributed by atoms with van der Waals surface area (Å²) in [6.45, 7) is 2.01. The highest BCUT2D eigenvalue weighted by Gasteiger charge is 2.26. The Labute approximate surface area is 166 Å². The number of hydrogen-bond donors (Lipinski definition) is 3. The lowest BCUT2D eigenvalue weighted by Crippen LogP contribution is -2.43. The highest BCUT2D eigenvalue weighted by molar-refractivity contribution is 6.00. The number of halogens is 1. The third kappa shape index (κ3) is 4.31. The van der Waals surface area contributed by atoms with Crippen LogP contribution < -0.4 is 10.6 Å². The Morgan fingerprint density at radius 1 is 1.21 bits per heavy atom. The van der Waals surface area contributed by atoms with Crippen molar-refractivity contribution in [2.45, 2.75) is 32.2 Å². The molecule has 8 heteroatoms. The molecule has 2 heterocycles. The van der Waals surface area contributed by atoms with Crippen LogP contribution in [0.15, 0.2) is 42.5 Å². The van der Waals surface area contributed by atoms with Gasteiger partial charge in [0, 0.05) is 12.1 Å². The number of carbonyl (C=O) groups is 2. The number of fused-ring (bicyclic) bond motifs is 1. The minimum absolute atomic E-state index is 0.0488. The number of anilines is 1. The van der Waals surface area contributed by atoms with E-state index >= 15 is 0 Å². The number of amides is 2. The van der Waals surface area contributed by atoms with Crippen molar-refractivity contribution in [3.8, 4) is 0 Å². The number of rotatable bonds is 4. The summed E-state index contributed by atoms with van der Waals surface area (Å²) in [6.07, 6.45) is 1.46. The average molecular weight is 393 g/mol. The molecule has 1 aliphatic rings. The van der Waals surface area contributed by atoms with Gasteiger partial charge in [0.1, 0.15) is 17.7 Å². The van der Waals surface area contributed by atoms with Crippen LogP contribution in [0.5, 0.6) is 0 Å². The van der Waals surface area contributed by atoms with Crippen LogP contribution in [0.4, 0.5) is 10.1 Å². The molecule has 2 amide bonds. The predicted octanol–water partition coefficient (Wildman–Crippen LogP) is 2.53. The molecule has 1 aliphatic heterocycles. The zero-order chi connectivity index (χ0) is 20.4. The average Bonchev–Trinajstić information content (AvgIpc) is 3.10. The molecule has 1 atom stereocenters. The summed E-state index contributed by atoms with van der Waals surface area (Å²) in [5, 5.41) is 13.3. The normalized spacial score (nSPS) is 15.9. The summed E-state index contributed by atoms with van der Waals surface area (Å²) in [5.74, 6) is -0.707. The highest BCUT2D eigenvalue weighted by Crippen LogP contribution is 2.23. The Hall–Kier alpha value is -3.55. The molecule has 0 aliphatic carbocycles. The van der Waals surface area contributed by atoms with E-state index < -0.39 is 17.8 Å². The first-order valence-electron chi connectivity index (χ1n) is 9.35. The van der Waals surface area contributed by atoms with Crippen LogP contribution in [-0.4, -0.2) is 33.0 Å². The molecule has 1 aromatic heterocycles. The fourth-order valence-corrected chi connectivity index (χ4v) is 3.28. The fraction of sp³-hybridized carbons (Fsp3) is 0.238. The number of nitrogens with zero attached hydrogens (tertiary/aromatic N) is 2. The van der Waals surface area contributed by atoms with Gasteiger partial charge >= 0.3 is 0 Å². The molecule has 7 nitrogen and oxygen atoms in total. The molecule has 0 spiro atoms. The Balaban J connectivity index is 1.41. The molecular formula is C21H20FN5O2. The second kappa shape index (κ2) is 7.83. The third-order valence-electron chi connectivity index (χ3n) is 4.89. The van der Waals surface area contributed by atoms with E-state index in [0.29, 0.717) is 30.8 Å². The summed E-state index contributed by atoms with van der Waals surface area (Å²) in [7, 11) is 0. The van der Waals surface area contributed by atoms with Gasteiger partial charge in [0.05, 0.1) is 0 Å². The molecule has 3 aromatic rings. The molecule has 29 heavy (non-hydrogen) atoms. The van der Waals surface area contributed by atoms with Crippen molar-refractivity contribution in [1.29, 1.82) is 0 Å². The van der Waals surface area contributed by atoms with Gasteiger partial charge in [-0.05, 0) is 43.0 Å². The number of aromatic nitrogens is 3. The monoisotopic (exact) mass is 393 g/mol. The van der Waals surface area contributed by atoms with Crippen LogP contribution in [0.25, 0.3) is 0 Å². The van der Waals surface area contributed by atoms with Gasteiger partial charge in [-0.2, -0.15) is 0 Å². The van der Waals surface area contributed by atoms with Gasteiger partial charge in [-0.1, -0.05) is 35.9 Å². The molecule has 0 unspecified atom stereocenters. The minimum atomic E-state index is -0.747. The Morgan fingerprint density at radius 2 is 2.00 bits per heavy atom. The predicted molar refractivity (Wildman–Crippen MR) is 105 cm³/mol. The van der Waals surface area contributed by atoms with E-state index in [1.165, 1.54) is 12.1 Å². The summed E-state index contributed by atoms with van der Waals surface area (Å²) >= 11 is 0. The van der Waals surface area contributed by atoms with Gasteiger partial charge in [0.2, 0.25) is 11.7 Å². The van der Waals surface area contributed by atoms with E-state index in [1.54, 1.807) is 6.07 Å². The number of nitrogens with one attached hydrogen (secondary N) is 3. The molecule has 4 rings (SSSR count). The molecule has 0 bridgehead atoms. The van der Waals surface area contributed by atoms with Gasteiger partial charge in [-0.15, -0.1) is 10.2 Å². The SMILES string of the molecule is Cc1ccc(Cc2nnc(C(=O)N[C@H]3CCc4ccc(F)cc4NC3=O)[nH]2)cc1. The maximum atomic E-state index is 13.4. The fourth-order valence-electron chi connectivity index (χ4n) is 3.28. The van der Waals surface area contributed by atoms with Gasteiger partial charge in [-0.25, -0.2) is 4.39 Å². The second-order valence-electron chi connectivity index (χ2n) is 7.14. The van der Waals surface area contributed by atoms with Gasteiger partial charge in [0.25, 0.3) is 5.91 Å². The van der Waals surface area contributed by atoms with Crippen molar-refractivity contribution in [2.24, 2.45) is 0 Å². The molecule has 2 aromatic carbocycles. The number of aromatic amines is 1. The van der Waals surface area contributed by atoms with Gasteiger partial charge in [0.15, 0.2) is 0 Å². The van der Waals surface area contributed by atoms with E-state index in [9.17, 15) is 14.0 Å². The molecule has 0 saturated heterocycles. The summed E-state index contributed by atoms with van der Waals surface area (Å²) in [4.78, 5) is 27.9. The zero-order valence-corrected chi connectivity index (χ0v) is 15.8. The van der Waals surface area contributed by atoms with Crippen molar-refractivity contribution in [2.75, 3.05) is 5.32 Å². The van der Waals surface area contributed by atoms with Crippen LogP contribution in [0.1, 0.15) is 39.6 Å². The second-order valence-corrected chi connectivity index (χ2v) is 7.14. The Kier molecular flexibility index (Phi) is 5.07. The van der Waals surface area contributed by atoms with E-state index in [-0.39, 0.29) is 11.7 Å². The Bertz CT molecular complexity index is 1060. The van der Waals surface area contributed by atoms with E-state index in [2.05, 4.69) is 25.8 Å². The molecule has 3 N–H and O–H groups in total. The number of carbonyl (C=O) groups excluding carboxylic acids is 2. The van der Waals surface area contributed by atoms with E-state index in [0.717, 1.165) is 16.7 Å². The molecule has 148 valence electrons. The van der Waals surface area contributed by atoms with Gasteiger partial charge < -0.3 is 15.6 Å². The first-order chi connectivity index (χ1) is 14.0. The number of H-pyrrole nitrogens is 1. The largest absolute Gasteiger partial charge is 0.337 e. The number of aryl methyl sites for hydroxylation is 2. The number of benzene rings is 2. The summed E-state index contributed by atoms with van der Waals surface area (Å²) in [5.41, 5.74) is 3.48. The first kappa shape index (κ1) is 18.8. The van der Waals surface area contributed by atoms with Crippen molar-refractivity contribution in [3.05, 3.63) is 76.6 Å². The van der Waals surface area contributed by atoms with E-state index in [1.807, 2.05) is 31.2 Å². The molecular weight excluding hydrogens is 373 g/mol. The Morgan fingerprint density at radius 3 is 2.79 bits per heavy atom. The van der Waals surface area contributed by atoms with Crippen LogP contribution in [0.2, 0.25) is 0 Å². The first-order valence-corrected chi connectivity index (χ1v) is 9.35. The van der Waals surface area contributed by atoms with Crippen molar-refractivity contribution >= 4 is 17.5 Å². The van der Waals surface area contributed by atoms with Gasteiger partial charge in [-0.3, -0.25) is 9.59 Å². The smallest absolute Gasteiger partial charge is 0.289 e. The van der Waals surface area contributed by atoms with Crippen LogP contribution in [0, 0.1) is 12.7 Å². The highest BCUT2D eigenvalue weighted by atomic mass is 19.1. The van der Waals surface area contributed by atoms with Crippen molar-refractivity contribution < 1.29 is 14.0 Å². The quantitative estimate of drug-likeness (QED) is 0.634. The maximum absolute atomic E-state index is 13.4. The van der Waals surface area contributed by atoms with Crippen LogP contribution >= 0.6 is 0 Å². The van der Waals surface area contributed by atoms with Crippen molar-refractivity contribution in [3.63, 3.8) is 0 Å². The molecule has 0 fully saturated rings. The summed E-state index contributed by atoms with van der Waals surface area (Å²) < 4.78 is 13.4. The van der Waals surface area contributed by atoms with E-state index in [4.69, 9.17) is 0 Å². The molecule has 0 saturated carbocycles. The number of hydrogen-bond acceptors (Lipinski definition) is 4. The topological polar surface area (TPSA) is 99.8 Å². The summed E-state index contributed by atoms with van der Waals surface area (Å²) in [6, 6.07) is 11.5. The lowest BCUT2D eigenvalue weighted by Gasteiger charge is -2.14. The maximum Gasteiger partial charge on any atom is 0.289 e.